The molecule has 152 valence electrons. The number of rotatable bonds is 3. The fraction of sp³-hybridized carbons (Fsp3) is 0.667. The van der Waals surface area contributed by atoms with E-state index in [0.29, 0.717) is 12.5 Å². The maximum absolute atomic E-state index is 12.0. The van der Waals surface area contributed by atoms with Gasteiger partial charge in [0.1, 0.15) is 22.6 Å². The van der Waals surface area contributed by atoms with Gasteiger partial charge in [0.25, 0.3) is 0 Å². The van der Waals surface area contributed by atoms with Crippen molar-refractivity contribution in [1.82, 2.24) is 15.3 Å². The first-order chi connectivity index (χ1) is 13.4. The summed E-state index contributed by atoms with van der Waals surface area (Å²) in [6.45, 7) is 8.22. The lowest BCUT2D eigenvalue weighted by Crippen LogP contribution is -2.42. The van der Waals surface area contributed by atoms with Gasteiger partial charge in [-0.2, -0.15) is 0 Å². The van der Waals surface area contributed by atoms with Gasteiger partial charge in [0.2, 0.25) is 0 Å². The lowest BCUT2D eigenvalue weighted by Gasteiger charge is -2.34. The maximum atomic E-state index is 12.0. The minimum absolute atomic E-state index is 0.332. The number of amides is 1. The van der Waals surface area contributed by atoms with Crippen LogP contribution >= 0.6 is 11.3 Å². The molecule has 1 fully saturated rings. The van der Waals surface area contributed by atoms with Gasteiger partial charge in [0, 0.05) is 24.5 Å². The third-order valence-electron chi connectivity index (χ3n) is 5.48. The number of aromatic nitrogens is 2. The summed E-state index contributed by atoms with van der Waals surface area (Å²) in [4.78, 5) is 26.3. The zero-order valence-electron chi connectivity index (χ0n) is 17.1. The van der Waals surface area contributed by atoms with Crippen LogP contribution in [-0.4, -0.2) is 41.3 Å². The molecule has 4 rings (SSSR count). The molecule has 1 atom stereocenters. The molecule has 1 saturated heterocycles. The van der Waals surface area contributed by atoms with Gasteiger partial charge in [-0.3, -0.25) is 0 Å². The Morgan fingerprint density at radius 3 is 2.93 bits per heavy atom. The Labute approximate surface area is 170 Å². The average molecular weight is 403 g/mol. The summed E-state index contributed by atoms with van der Waals surface area (Å²) in [5, 5.41) is 4.23. The molecule has 28 heavy (non-hydrogen) atoms. The molecule has 1 aliphatic carbocycles. The van der Waals surface area contributed by atoms with Gasteiger partial charge in [-0.1, -0.05) is 0 Å². The van der Waals surface area contributed by atoms with Gasteiger partial charge in [0.05, 0.1) is 5.39 Å². The fourth-order valence-electron chi connectivity index (χ4n) is 4.28. The summed E-state index contributed by atoms with van der Waals surface area (Å²) in [6, 6.07) is 0. The van der Waals surface area contributed by atoms with Crippen LogP contribution in [0.1, 0.15) is 56.9 Å². The number of carbonyl (C=O) groups is 1. The van der Waals surface area contributed by atoms with E-state index in [0.717, 1.165) is 43.0 Å². The summed E-state index contributed by atoms with van der Waals surface area (Å²) < 4.78 is 5.37. The van der Waals surface area contributed by atoms with E-state index in [9.17, 15) is 4.79 Å². The van der Waals surface area contributed by atoms with Crippen LogP contribution < -0.4 is 10.2 Å². The molecule has 1 amide bonds. The molecule has 6 nitrogen and oxygen atoms in total. The van der Waals surface area contributed by atoms with E-state index < -0.39 is 5.60 Å². The average Bonchev–Trinajstić information content (AvgIpc) is 3.04. The monoisotopic (exact) mass is 402 g/mol. The standard InChI is InChI=1S/C21H30N4O2S/c1-21(2,3)27-20(26)22-11-14-7-6-10-25(12-14)18-17-15-8-4-5-9-16(15)28-19(17)24-13-23-18/h13-14H,4-12H2,1-3H3,(H,22,26)/t14-/m1/s1. The normalized spacial score (nSPS) is 20.1. The van der Waals surface area contributed by atoms with E-state index in [1.165, 1.54) is 35.1 Å². The van der Waals surface area contributed by atoms with Crippen LogP contribution in [0.5, 0.6) is 0 Å². The van der Waals surface area contributed by atoms with Gasteiger partial charge in [-0.15, -0.1) is 11.3 Å². The van der Waals surface area contributed by atoms with Crippen LogP contribution in [0.4, 0.5) is 10.6 Å². The Morgan fingerprint density at radius 1 is 1.29 bits per heavy atom. The number of piperidine rings is 1. The zero-order valence-corrected chi connectivity index (χ0v) is 17.9. The first-order valence-corrected chi connectivity index (χ1v) is 11.2. The summed E-state index contributed by atoms with van der Waals surface area (Å²) in [5.41, 5.74) is 1.02. The second-order valence-electron chi connectivity index (χ2n) is 8.93. The number of hydrogen-bond donors (Lipinski definition) is 1. The van der Waals surface area contributed by atoms with Crippen LogP contribution in [-0.2, 0) is 17.6 Å². The van der Waals surface area contributed by atoms with Crippen LogP contribution in [0.25, 0.3) is 10.2 Å². The third-order valence-corrected chi connectivity index (χ3v) is 6.68. The lowest BCUT2D eigenvalue weighted by molar-refractivity contribution is 0.0517. The van der Waals surface area contributed by atoms with Crippen molar-refractivity contribution < 1.29 is 9.53 Å². The van der Waals surface area contributed by atoms with Crippen molar-refractivity contribution in [3.8, 4) is 0 Å². The van der Waals surface area contributed by atoms with Gasteiger partial charge < -0.3 is 15.0 Å². The van der Waals surface area contributed by atoms with E-state index in [2.05, 4.69) is 15.2 Å². The van der Waals surface area contributed by atoms with Crippen LogP contribution in [0.15, 0.2) is 6.33 Å². The number of anilines is 1. The molecule has 0 radical (unpaired) electrons. The van der Waals surface area contributed by atoms with Gasteiger partial charge in [-0.05, 0) is 70.8 Å². The topological polar surface area (TPSA) is 67.3 Å². The number of fused-ring (bicyclic) bond motifs is 3. The van der Waals surface area contributed by atoms with Gasteiger partial charge in [0.15, 0.2) is 0 Å². The van der Waals surface area contributed by atoms with Crippen molar-refractivity contribution in [2.75, 3.05) is 24.5 Å². The molecule has 2 aromatic rings. The van der Waals surface area contributed by atoms with Crippen LogP contribution in [0, 0.1) is 5.92 Å². The van der Waals surface area contributed by atoms with Crippen LogP contribution in [0.2, 0.25) is 0 Å². The molecular weight excluding hydrogens is 372 g/mol. The molecule has 1 aliphatic heterocycles. The predicted octanol–water partition coefficient (Wildman–Crippen LogP) is 4.31. The van der Waals surface area contributed by atoms with E-state index in [-0.39, 0.29) is 6.09 Å². The summed E-state index contributed by atoms with van der Waals surface area (Å²) in [5.74, 6) is 1.49. The Bertz CT molecular complexity index is 858. The highest BCUT2D eigenvalue weighted by atomic mass is 32.1. The number of nitrogens with zero attached hydrogens (tertiary/aromatic N) is 3. The number of carbonyl (C=O) groups excluding carboxylic acids is 1. The number of ether oxygens (including phenoxy) is 1. The predicted molar refractivity (Wildman–Crippen MR) is 113 cm³/mol. The molecule has 2 aliphatic rings. The Kier molecular flexibility index (Phi) is 5.45. The number of alkyl carbamates (subject to hydrolysis) is 1. The molecular formula is C21H30N4O2S. The van der Waals surface area contributed by atoms with Crippen molar-refractivity contribution in [2.45, 2.75) is 64.9 Å². The molecule has 3 heterocycles. The second kappa shape index (κ2) is 7.85. The minimum Gasteiger partial charge on any atom is -0.444 e. The SMILES string of the molecule is CC(C)(C)OC(=O)NC[C@H]1CCCN(c2ncnc3sc4c(c23)CCCC4)C1. The molecule has 0 spiro atoms. The van der Waals surface area contributed by atoms with E-state index in [1.807, 2.05) is 32.1 Å². The Hall–Kier alpha value is -1.89. The van der Waals surface area contributed by atoms with E-state index in [4.69, 9.17) is 9.72 Å². The van der Waals surface area contributed by atoms with Gasteiger partial charge >= 0.3 is 6.09 Å². The number of thiophene rings is 1. The second-order valence-corrected chi connectivity index (χ2v) is 10.0. The highest BCUT2D eigenvalue weighted by Gasteiger charge is 2.27. The van der Waals surface area contributed by atoms with E-state index >= 15 is 0 Å². The first kappa shape index (κ1) is 19.4. The van der Waals surface area contributed by atoms with Crippen molar-refractivity contribution in [1.29, 1.82) is 0 Å². The Balaban J connectivity index is 1.48. The highest BCUT2D eigenvalue weighted by molar-refractivity contribution is 7.19. The summed E-state index contributed by atoms with van der Waals surface area (Å²) in [7, 11) is 0. The van der Waals surface area contributed by atoms with Crippen molar-refractivity contribution >= 4 is 33.5 Å². The summed E-state index contributed by atoms with van der Waals surface area (Å²) in [6.07, 6.45) is 8.47. The molecule has 2 aromatic heterocycles. The van der Waals surface area contributed by atoms with Crippen molar-refractivity contribution in [2.24, 2.45) is 5.92 Å². The van der Waals surface area contributed by atoms with Crippen LogP contribution in [0.3, 0.4) is 0 Å². The molecule has 7 heteroatoms. The van der Waals surface area contributed by atoms with Crippen molar-refractivity contribution in [3.05, 3.63) is 16.8 Å². The highest BCUT2D eigenvalue weighted by Crippen LogP contribution is 2.40. The molecule has 0 bridgehead atoms. The lowest BCUT2D eigenvalue weighted by atomic mass is 9.95. The molecule has 0 aromatic carbocycles. The summed E-state index contributed by atoms with van der Waals surface area (Å²) >= 11 is 1.85. The largest absolute Gasteiger partial charge is 0.444 e. The molecule has 0 unspecified atom stereocenters. The van der Waals surface area contributed by atoms with E-state index in [1.54, 1.807) is 6.33 Å². The molecule has 1 N–H and O–H groups in total. The number of nitrogens with one attached hydrogen (secondary N) is 1. The quantitative estimate of drug-likeness (QED) is 0.828. The maximum Gasteiger partial charge on any atom is 0.407 e. The Morgan fingerprint density at radius 2 is 2.11 bits per heavy atom. The third kappa shape index (κ3) is 4.24. The molecule has 0 saturated carbocycles. The number of hydrogen-bond acceptors (Lipinski definition) is 6. The van der Waals surface area contributed by atoms with Crippen molar-refractivity contribution in [3.63, 3.8) is 0 Å². The fourth-order valence-corrected chi connectivity index (χ4v) is 5.50. The first-order valence-electron chi connectivity index (χ1n) is 10.4. The smallest absolute Gasteiger partial charge is 0.407 e. The zero-order chi connectivity index (χ0) is 19.7. The number of aryl methyl sites for hydroxylation is 2. The van der Waals surface area contributed by atoms with Gasteiger partial charge in [-0.25, -0.2) is 14.8 Å². The minimum atomic E-state index is -0.465.